The largest absolute Gasteiger partial charge is 0.444 e. The smallest absolute Gasteiger partial charge is 0.410 e. The lowest BCUT2D eigenvalue weighted by atomic mass is 10.1. The summed E-state index contributed by atoms with van der Waals surface area (Å²) in [6.07, 6.45) is 3.83. The van der Waals surface area contributed by atoms with Gasteiger partial charge in [-0.05, 0) is 57.5 Å². The third-order valence-corrected chi connectivity index (χ3v) is 7.12. The van der Waals surface area contributed by atoms with Crippen LogP contribution >= 0.6 is 0 Å². The Morgan fingerprint density at radius 1 is 1.05 bits per heavy atom. The Labute approximate surface area is 235 Å². The number of ether oxygens (including phenoxy) is 1. The van der Waals surface area contributed by atoms with E-state index in [0.717, 1.165) is 52.7 Å². The fourth-order valence-corrected chi connectivity index (χ4v) is 4.91. The molecule has 0 saturated carbocycles. The molecular formula is C30H38N8O2. The van der Waals surface area contributed by atoms with Crippen molar-refractivity contribution in [1.82, 2.24) is 34.7 Å². The van der Waals surface area contributed by atoms with Gasteiger partial charge in [0.1, 0.15) is 23.6 Å². The minimum atomic E-state index is -0.482. The molecule has 10 nitrogen and oxygen atoms in total. The van der Waals surface area contributed by atoms with Crippen LogP contribution in [0, 0.1) is 0 Å². The topological polar surface area (TPSA) is 103 Å². The fourth-order valence-electron chi connectivity index (χ4n) is 4.91. The Bertz CT molecular complexity index is 1480. The molecule has 1 aromatic carbocycles. The second kappa shape index (κ2) is 11.2. The van der Waals surface area contributed by atoms with Gasteiger partial charge in [0.2, 0.25) is 0 Å². The molecule has 1 N–H and O–H groups in total. The predicted octanol–water partition coefficient (Wildman–Crippen LogP) is 4.69. The molecule has 210 valence electrons. The van der Waals surface area contributed by atoms with E-state index in [4.69, 9.17) is 9.72 Å². The number of piperazine rings is 1. The van der Waals surface area contributed by atoms with Gasteiger partial charge in [-0.1, -0.05) is 6.07 Å². The van der Waals surface area contributed by atoms with Crippen LogP contribution in [0.15, 0.2) is 48.9 Å². The first-order valence-corrected chi connectivity index (χ1v) is 13.7. The van der Waals surface area contributed by atoms with Crippen LogP contribution in [0.3, 0.4) is 0 Å². The van der Waals surface area contributed by atoms with Crippen LogP contribution in [-0.2, 0) is 11.2 Å². The van der Waals surface area contributed by atoms with Gasteiger partial charge in [-0.25, -0.2) is 19.7 Å². The zero-order chi connectivity index (χ0) is 28.4. The van der Waals surface area contributed by atoms with E-state index in [1.807, 2.05) is 64.2 Å². The van der Waals surface area contributed by atoms with Gasteiger partial charge in [0, 0.05) is 76.3 Å². The number of aromatic amines is 1. The summed E-state index contributed by atoms with van der Waals surface area (Å²) in [6.45, 7) is 10.8. The number of hydrogen-bond acceptors (Lipinski definition) is 8. The number of carbonyl (C=O) groups is 1. The summed E-state index contributed by atoms with van der Waals surface area (Å²) < 4.78 is 5.54. The van der Waals surface area contributed by atoms with Crippen LogP contribution in [0.25, 0.3) is 22.3 Å². The van der Waals surface area contributed by atoms with E-state index >= 15 is 0 Å². The number of nitrogens with zero attached hydrogens (tertiary/aromatic N) is 7. The van der Waals surface area contributed by atoms with Gasteiger partial charge < -0.3 is 19.5 Å². The highest BCUT2D eigenvalue weighted by Crippen LogP contribution is 2.26. The average molecular weight is 543 g/mol. The number of rotatable bonds is 6. The Balaban J connectivity index is 1.25. The fraction of sp³-hybridized carbons (Fsp3) is 0.433. The van der Waals surface area contributed by atoms with E-state index in [0.29, 0.717) is 19.5 Å². The Kier molecular flexibility index (Phi) is 7.71. The number of anilines is 1. The lowest BCUT2D eigenvalue weighted by molar-refractivity contribution is 0.0110. The SMILES string of the molecule is CC(c1ccnc(Cc2nc3ccc(-c4cc(N(C)C)ncn4)cc3[nH]2)c1)N1CCN(C(=O)OC(C)(C)C)CC1. The van der Waals surface area contributed by atoms with Crippen molar-refractivity contribution in [1.29, 1.82) is 0 Å². The summed E-state index contributed by atoms with van der Waals surface area (Å²) in [5.74, 6) is 1.73. The van der Waals surface area contributed by atoms with E-state index in [1.165, 1.54) is 5.56 Å². The van der Waals surface area contributed by atoms with Crippen molar-refractivity contribution in [2.24, 2.45) is 0 Å². The summed E-state index contributed by atoms with van der Waals surface area (Å²) in [6, 6.07) is 12.6. The molecule has 1 atom stereocenters. The first-order valence-electron chi connectivity index (χ1n) is 13.7. The summed E-state index contributed by atoms with van der Waals surface area (Å²) in [5, 5.41) is 0. The number of hydrogen-bond donors (Lipinski definition) is 1. The van der Waals surface area contributed by atoms with Crippen molar-refractivity contribution >= 4 is 22.9 Å². The predicted molar refractivity (Wildman–Crippen MR) is 156 cm³/mol. The number of fused-ring (bicyclic) bond motifs is 1. The molecule has 0 spiro atoms. The lowest BCUT2D eigenvalue weighted by Crippen LogP contribution is -2.50. The van der Waals surface area contributed by atoms with Gasteiger partial charge in [0.25, 0.3) is 0 Å². The maximum atomic E-state index is 12.4. The minimum absolute atomic E-state index is 0.209. The molecular weight excluding hydrogens is 504 g/mol. The van der Waals surface area contributed by atoms with Crippen LogP contribution in [-0.4, -0.2) is 86.7 Å². The average Bonchev–Trinajstić information content (AvgIpc) is 3.33. The normalized spacial score (nSPS) is 15.3. The molecule has 5 rings (SSSR count). The summed E-state index contributed by atoms with van der Waals surface area (Å²) in [4.78, 5) is 40.3. The molecule has 1 amide bonds. The summed E-state index contributed by atoms with van der Waals surface area (Å²) in [7, 11) is 3.93. The van der Waals surface area contributed by atoms with Gasteiger partial charge in [0.05, 0.1) is 16.7 Å². The maximum Gasteiger partial charge on any atom is 0.410 e. The number of carbonyl (C=O) groups excluding carboxylic acids is 1. The highest BCUT2D eigenvalue weighted by molar-refractivity contribution is 5.81. The minimum Gasteiger partial charge on any atom is -0.444 e. The Morgan fingerprint density at radius 2 is 1.82 bits per heavy atom. The van der Waals surface area contributed by atoms with Gasteiger partial charge >= 0.3 is 6.09 Å². The standard InChI is InChI=1S/C30H38N8O2/c1-20(37-11-13-38(14-12-37)29(39)40-30(2,3)4)21-9-10-31-23(15-21)17-27-34-24-8-7-22(16-26(24)35-27)25-18-28(36(5)6)33-19-32-25/h7-10,15-16,18-20H,11-14,17H2,1-6H3,(H,34,35). The number of imidazole rings is 1. The third-order valence-electron chi connectivity index (χ3n) is 7.12. The van der Waals surface area contributed by atoms with E-state index in [1.54, 1.807) is 11.2 Å². The molecule has 3 aromatic heterocycles. The summed E-state index contributed by atoms with van der Waals surface area (Å²) >= 11 is 0. The quantitative estimate of drug-likeness (QED) is 0.375. The van der Waals surface area contributed by atoms with Crippen LogP contribution in [0.1, 0.15) is 50.8 Å². The highest BCUT2D eigenvalue weighted by Gasteiger charge is 2.28. The molecule has 0 radical (unpaired) electrons. The van der Waals surface area contributed by atoms with Crippen molar-refractivity contribution in [2.45, 2.75) is 45.8 Å². The number of nitrogens with one attached hydrogen (secondary N) is 1. The molecule has 1 unspecified atom stereocenters. The third kappa shape index (κ3) is 6.39. The van der Waals surface area contributed by atoms with Crippen molar-refractivity contribution < 1.29 is 9.53 Å². The van der Waals surface area contributed by atoms with Crippen LogP contribution in [0.5, 0.6) is 0 Å². The Morgan fingerprint density at radius 3 is 2.55 bits per heavy atom. The van der Waals surface area contributed by atoms with Crippen LogP contribution < -0.4 is 4.90 Å². The van der Waals surface area contributed by atoms with Gasteiger partial charge in [-0.2, -0.15) is 0 Å². The molecule has 1 saturated heterocycles. The number of amides is 1. The first-order chi connectivity index (χ1) is 19.1. The molecule has 1 aliphatic rings. The van der Waals surface area contributed by atoms with E-state index < -0.39 is 5.60 Å². The molecule has 1 fully saturated rings. The van der Waals surface area contributed by atoms with Crippen molar-refractivity contribution in [3.8, 4) is 11.3 Å². The monoisotopic (exact) mass is 542 g/mol. The van der Waals surface area contributed by atoms with E-state index in [9.17, 15) is 4.79 Å². The number of pyridine rings is 1. The molecule has 10 heteroatoms. The second-order valence-corrected chi connectivity index (χ2v) is 11.5. The van der Waals surface area contributed by atoms with Crippen LogP contribution in [0.4, 0.5) is 10.6 Å². The van der Waals surface area contributed by atoms with Crippen molar-refractivity contribution in [3.63, 3.8) is 0 Å². The van der Waals surface area contributed by atoms with E-state index in [2.05, 4.69) is 50.0 Å². The number of H-pyrrole nitrogens is 1. The van der Waals surface area contributed by atoms with Gasteiger partial charge in [0.15, 0.2) is 0 Å². The molecule has 0 bridgehead atoms. The molecule has 1 aliphatic heterocycles. The Hall–Kier alpha value is -4.05. The second-order valence-electron chi connectivity index (χ2n) is 11.5. The van der Waals surface area contributed by atoms with Crippen molar-refractivity contribution in [3.05, 3.63) is 66.0 Å². The number of aromatic nitrogens is 5. The van der Waals surface area contributed by atoms with Gasteiger partial charge in [-0.15, -0.1) is 0 Å². The maximum absolute atomic E-state index is 12.4. The highest BCUT2D eigenvalue weighted by atomic mass is 16.6. The summed E-state index contributed by atoms with van der Waals surface area (Å²) in [5.41, 5.74) is 5.43. The molecule has 4 heterocycles. The molecule has 40 heavy (non-hydrogen) atoms. The number of benzene rings is 1. The van der Waals surface area contributed by atoms with Crippen LogP contribution in [0.2, 0.25) is 0 Å². The molecule has 0 aliphatic carbocycles. The van der Waals surface area contributed by atoms with Gasteiger partial charge in [-0.3, -0.25) is 9.88 Å². The van der Waals surface area contributed by atoms with E-state index in [-0.39, 0.29) is 12.1 Å². The van der Waals surface area contributed by atoms with Crippen molar-refractivity contribution in [2.75, 3.05) is 45.2 Å². The zero-order valence-corrected chi connectivity index (χ0v) is 24.2. The molecule has 4 aromatic rings. The lowest BCUT2D eigenvalue weighted by Gasteiger charge is -2.38. The first kappa shape index (κ1) is 27.5. The zero-order valence-electron chi connectivity index (χ0n) is 24.2.